The number of halogens is 1. The number of fused-ring (bicyclic) bond motifs is 1. The van der Waals surface area contributed by atoms with E-state index in [1.807, 2.05) is 19.1 Å². The third-order valence-corrected chi connectivity index (χ3v) is 4.51. The lowest BCUT2D eigenvalue weighted by molar-refractivity contribution is 0.471. The second-order valence-corrected chi connectivity index (χ2v) is 6.76. The number of hydrogen-bond acceptors (Lipinski definition) is 4. The molecule has 0 spiro atoms. The fraction of sp³-hybridized carbons (Fsp3) is 0.368. The summed E-state index contributed by atoms with van der Waals surface area (Å²) in [4.78, 5) is 8.72. The maximum atomic E-state index is 13.0. The van der Waals surface area contributed by atoms with Crippen LogP contribution in [0.3, 0.4) is 0 Å². The number of thiazole rings is 1. The van der Waals surface area contributed by atoms with Gasteiger partial charge >= 0.3 is 0 Å². The zero-order valence-electron chi connectivity index (χ0n) is 13.8. The molecule has 130 valence electrons. The van der Waals surface area contributed by atoms with E-state index in [1.54, 1.807) is 12.1 Å². The summed E-state index contributed by atoms with van der Waals surface area (Å²) in [5.74, 6) is 0.602. The largest absolute Gasteiger partial charge is 0.508 e. The van der Waals surface area contributed by atoms with E-state index in [4.69, 9.17) is 0 Å². The number of phenols is 1. The van der Waals surface area contributed by atoms with E-state index in [0.29, 0.717) is 10.3 Å². The molecule has 0 atom stereocenters. The maximum absolute atomic E-state index is 13.0. The smallest absolute Gasteiger partial charge is 0.214 e. The Morgan fingerprint density at radius 2 is 1.83 bits per heavy atom. The van der Waals surface area contributed by atoms with Crippen LogP contribution in [-0.4, -0.2) is 15.1 Å². The van der Waals surface area contributed by atoms with Gasteiger partial charge in [-0.1, -0.05) is 58.1 Å². The zero-order valence-corrected chi connectivity index (χ0v) is 14.6. The third kappa shape index (κ3) is 4.99. The molecule has 0 aliphatic heterocycles. The molecule has 0 saturated carbocycles. The molecule has 3 aromatic rings. The molecule has 0 saturated heterocycles. The number of aryl methyl sites for hydroxylation is 1. The molecule has 1 N–H and O–H groups in total. The molecule has 0 aliphatic rings. The summed E-state index contributed by atoms with van der Waals surface area (Å²) < 4.78 is 13.0. The minimum Gasteiger partial charge on any atom is -0.508 e. The first-order chi connectivity index (χ1) is 10.9. The predicted octanol–water partition coefficient (Wildman–Crippen LogP) is 6.20. The van der Waals surface area contributed by atoms with Crippen LogP contribution in [0, 0.1) is 18.8 Å². The number of aromatic hydroxyl groups is 1. The number of hydrogen-bond donors (Lipinski definition) is 1. The topological polar surface area (TPSA) is 46.0 Å². The van der Waals surface area contributed by atoms with Crippen LogP contribution < -0.4 is 0 Å². The van der Waals surface area contributed by atoms with Crippen molar-refractivity contribution in [2.75, 3.05) is 0 Å². The van der Waals surface area contributed by atoms with Crippen molar-refractivity contribution in [1.29, 1.82) is 0 Å². The number of benzene rings is 1. The summed E-state index contributed by atoms with van der Waals surface area (Å²) in [7, 11) is 0. The lowest BCUT2D eigenvalue weighted by Crippen LogP contribution is -1.80. The van der Waals surface area contributed by atoms with E-state index >= 15 is 0 Å². The van der Waals surface area contributed by atoms with E-state index < -0.39 is 5.95 Å². The van der Waals surface area contributed by atoms with Crippen molar-refractivity contribution in [3.05, 3.63) is 41.8 Å². The fourth-order valence-corrected chi connectivity index (χ4v) is 2.58. The first-order valence-electron chi connectivity index (χ1n) is 7.63. The lowest BCUT2D eigenvalue weighted by atomic mass is 10.1. The average Bonchev–Trinajstić information content (AvgIpc) is 2.93. The summed E-state index contributed by atoms with van der Waals surface area (Å²) in [6.45, 7) is 8.47. The second kappa shape index (κ2) is 8.73. The van der Waals surface area contributed by atoms with Crippen LogP contribution in [0.1, 0.15) is 40.2 Å². The van der Waals surface area contributed by atoms with Crippen molar-refractivity contribution in [3.63, 3.8) is 0 Å². The molecule has 5 heteroatoms. The van der Waals surface area contributed by atoms with Crippen LogP contribution in [0.15, 0.2) is 30.3 Å². The van der Waals surface area contributed by atoms with Crippen molar-refractivity contribution >= 4 is 21.7 Å². The minimum atomic E-state index is -0.510. The molecule has 0 unspecified atom stereocenters. The quantitative estimate of drug-likeness (QED) is 0.561. The molecule has 3 rings (SSSR count). The van der Waals surface area contributed by atoms with Crippen molar-refractivity contribution in [3.8, 4) is 16.3 Å². The van der Waals surface area contributed by atoms with Gasteiger partial charge in [-0.05, 0) is 36.6 Å². The van der Waals surface area contributed by atoms with Gasteiger partial charge in [-0.2, -0.15) is 4.39 Å². The van der Waals surface area contributed by atoms with Crippen molar-refractivity contribution < 1.29 is 9.50 Å². The summed E-state index contributed by atoms with van der Waals surface area (Å²) in [5, 5.41) is 10.4. The first kappa shape index (κ1) is 20.0. The summed E-state index contributed by atoms with van der Waals surface area (Å²) in [5.41, 5.74) is 2.28. The highest BCUT2D eigenvalue weighted by atomic mass is 32.1. The van der Waals surface area contributed by atoms with E-state index in [1.165, 1.54) is 23.8 Å². The van der Waals surface area contributed by atoms with Gasteiger partial charge in [0.2, 0.25) is 5.95 Å². The van der Waals surface area contributed by atoms with Crippen LogP contribution in [0.25, 0.3) is 20.9 Å². The lowest BCUT2D eigenvalue weighted by Gasteiger charge is -2.00. The van der Waals surface area contributed by atoms with E-state index in [0.717, 1.165) is 22.1 Å². The standard InChI is InChI=1S/C13H9FN2OS.C5H12.CH4/c1-7-2-3-8(6-10(7)17)12-15-9-4-5-11(14)16-13(9)18-12;1-4-5(2)3;/h2-6,17H,1H3;5H,4H2,1-3H3;1H4. The highest BCUT2D eigenvalue weighted by Crippen LogP contribution is 2.31. The summed E-state index contributed by atoms with van der Waals surface area (Å²) in [6, 6.07) is 8.25. The Labute approximate surface area is 147 Å². The van der Waals surface area contributed by atoms with Crippen LogP contribution in [-0.2, 0) is 0 Å². The van der Waals surface area contributed by atoms with Crippen LogP contribution >= 0.6 is 11.3 Å². The summed E-state index contributed by atoms with van der Waals surface area (Å²) in [6.07, 6.45) is 1.31. The van der Waals surface area contributed by atoms with E-state index in [9.17, 15) is 9.50 Å². The SMILES string of the molecule is C.CCC(C)C.Cc1ccc(-c2nc3ccc(F)nc3s2)cc1O. The average molecular weight is 348 g/mol. The fourth-order valence-electron chi connectivity index (χ4n) is 1.66. The van der Waals surface area contributed by atoms with Gasteiger partial charge in [0.1, 0.15) is 21.1 Å². The molecule has 0 radical (unpaired) electrons. The molecule has 0 aliphatic carbocycles. The highest BCUT2D eigenvalue weighted by molar-refractivity contribution is 7.21. The van der Waals surface area contributed by atoms with E-state index in [2.05, 4.69) is 30.7 Å². The van der Waals surface area contributed by atoms with Gasteiger partial charge < -0.3 is 5.11 Å². The summed E-state index contributed by atoms with van der Waals surface area (Å²) >= 11 is 1.31. The van der Waals surface area contributed by atoms with Crippen molar-refractivity contribution in [2.45, 2.75) is 41.5 Å². The molecule has 0 bridgehead atoms. The Morgan fingerprint density at radius 1 is 1.17 bits per heavy atom. The number of rotatable bonds is 2. The molecular weight excluding hydrogens is 323 g/mol. The molecule has 1 aromatic carbocycles. The molecule has 2 heterocycles. The Kier molecular flexibility index (Phi) is 7.29. The Morgan fingerprint density at radius 3 is 2.42 bits per heavy atom. The monoisotopic (exact) mass is 348 g/mol. The highest BCUT2D eigenvalue weighted by Gasteiger charge is 2.09. The van der Waals surface area contributed by atoms with Gasteiger partial charge in [-0.15, -0.1) is 0 Å². The molecule has 0 amide bonds. The van der Waals surface area contributed by atoms with E-state index in [-0.39, 0.29) is 13.2 Å². The Hall–Kier alpha value is -2.01. The van der Waals surface area contributed by atoms with Crippen molar-refractivity contribution in [1.82, 2.24) is 9.97 Å². The number of aromatic nitrogens is 2. The predicted molar refractivity (Wildman–Crippen MR) is 101 cm³/mol. The van der Waals surface area contributed by atoms with Crippen LogP contribution in [0.2, 0.25) is 0 Å². The number of pyridine rings is 1. The number of phenolic OH excluding ortho intramolecular Hbond substituents is 1. The molecule has 3 nitrogen and oxygen atoms in total. The normalized spacial score (nSPS) is 10.2. The van der Waals surface area contributed by atoms with Crippen LogP contribution in [0.4, 0.5) is 4.39 Å². The third-order valence-electron chi connectivity index (χ3n) is 3.49. The molecule has 24 heavy (non-hydrogen) atoms. The number of nitrogens with zero attached hydrogens (tertiary/aromatic N) is 2. The first-order valence-corrected chi connectivity index (χ1v) is 8.45. The maximum Gasteiger partial charge on any atom is 0.214 e. The zero-order chi connectivity index (χ0) is 17.0. The van der Waals surface area contributed by atoms with Gasteiger partial charge in [-0.3, -0.25) is 0 Å². The van der Waals surface area contributed by atoms with Gasteiger partial charge in [0.15, 0.2) is 0 Å². The molecular formula is C19H25FN2OS. The van der Waals surface area contributed by atoms with Crippen LogP contribution in [0.5, 0.6) is 5.75 Å². The Bertz CT molecular complexity index is 799. The molecule has 0 fully saturated rings. The second-order valence-electron chi connectivity index (χ2n) is 5.78. The van der Waals surface area contributed by atoms with Gasteiger partial charge in [0.05, 0.1) is 0 Å². The van der Waals surface area contributed by atoms with Gasteiger partial charge in [-0.25, -0.2) is 9.97 Å². The van der Waals surface area contributed by atoms with Gasteiger partial charge in [0.25, 0.3) is 0 Å². The van der Waals surface area contributed by atoms with Gasteiger partial charge in [0, 0.05) is 5.56 Å². The molecule has 2 aromatic heterocycles. The Balaban J connectivity index is 0.000000425. The minimum absolute atomic E-state index is 0. The van der Waals surface area contributed by atoms with Crippen molar-refractivity contribution in [2.24, 2.45) is 5.92 Å².